The van der Waals surface area contributed by atoms with Crippen LogP contribution in [0.1, 0.15) is 39.8 Å². The zero-order valence-corrected chi connectivity index (χ0v) is 30.3. The number of anilines is 3. The van der Waals surface area contributed by atoms with Crippen molar-refractivity contribution in [1.29, 1.82) is 0 Å². The lowest BCUT2D eigenvalue weighted by molar-refractivity contribution is 0.768. The molecular formula is C52H37N3. The van der Waals surface area contributed by atoms with Gasteiger partial charge in [0.25, 0.3) is 0 Å². The summed E-state index contributed by atoms with van der Waals surface area (Å²) in [6, 6.07) is 64.9. The number of rotatable bonds is 6. The average molecular weight is 704 g/mol. The number of hydrogen-bond donors (Lipinski definition) is 0. The molecule has 0 amide bonds. The first kappa shape index (κ1) is 31.5. The molecule has 0 saturated carbocycles. The van der Waals surface area contributed by atoms with E-state index in [0.29, 0.717) is 0 Å². The molecule has 0 atom stereocenters. The molecule has 11 rings (SSSR count). The topological polar surface area (TPSA) is 21.1 Å². The third-order valence-electron chi connectivity index (χ3n) is 11.8. The van der Waals surface area contributed by atoms with E-state index in [0.717, 1.165) is 29.9 Å². The quantitative estimate of drug-likeness (QED) is 0.172. The smallest absolute Gasteiger partial charge is 0.0733 e. The summed E-state index contributed by atoms with van der Waals surface area (Å²) in [6.45, 7) is 0. The molecule has 0 radical (unpaired) electrons. The van der Waals surface area contributed by atoms with Crippen LogP contribution in [0.25, 0.3) is 44.7 Å². The summed E-state index contributed by atoms with van der Waals surface area (Å²) in [5.74, 6) is 0. The SMILES string of the molecule is C1=Cc2cc(-n3c4ccccc4c4ccc(N(c5cccnc5)c5ccccc5C5(c6ccccc6)c6ccccc6-c6ccccc65)cc43)ccc2CC1. The molecule has 0 saturated heterocycles. The molecule has 3 heteroatoms. The third kappa shape index (κ3) is 4.73. The Labute approximate surface area is 321 Å². The van der Waals surface area contributed by atoms with Gasteiger partial charge < -0.3 is 9.47 Å². The second-order valence-corrected chi connectivity index (χ2v) is 14.6. The minimum absolute atomic E-state index is 0.568. The van der Waals surface area contributed by atoms with Crippen molar-refractivity contribution in [2.75, 3.05) is 4.90 Å². The van der Waals surface area contributed by atoms with E-state index in [4.69, 9.17) is 0 Å². The van der Waals surface area contributed by atoms with Crippen molar-refractivity contribution in [2.24, 2.45) is 0 Å². The Morgan fingerprint density at radius 3 is 2.05 bits per heavy atom. The Bertz CT molecular complexity index is 2890. The fourth-order valence-corrected chi connectivity index (χ4v) is 9.51. The zero-order valence-electron chi connectivity index (χ0n) is 30.3. The summed E-state index contributed by atoms with van der Waals surface area (Å²) in [7, 11) is 0. The minimum Gasteiger partial charge on any atom is -0.309 e. The summed E-state index contributed by atoms with van der Waals surface area (Å²) in [5, 5.41) is 2.47. The summed E-state index contributed by atoms with van der Waals surface area (Å²) in [5.41, 5.74) is 16.4. The van der Waals surface area contributed by atoms with E-state index in [1.54, 1.807) is 0 Å². The summed E-state index contributed by atoms with van der Waals surface area (Å²) < 4.78 is 2.44. The van der Waals surface area contributed by atoms with Crippen molar-refractivity contribution in [1.82, 2.24) is 9.55 Å². The number of benzene rings is 7. The van der Waals surface area contributed by atoms with E-state index in [9.17, 15) is 0 Å². The normalized spacial score (nSPS) is 13.7. The van der Waals surface area contributed by atoms with Crippen LogP contribution in [0.4, 0.5) is 17.1 Å². The maximum atomic E-state index is 4.68. The molecule has 2 aromatic heterocycles. The van der Waals surface area contributed by atoms with Crippen LogP contribution in [0.3, 0.4) is 0 Å². The van der Waals surface area contributed by atoms with Gasteiger partial charge in [-0.3, -0.25) is 4.98 Å². The van der Waals surface area contributed by atoms with Crippen LogP contribution in [0, 0.1) is 0 Å². The first-order valence-corrected chi connectivity index (χ1v) is 19.2. The maximum absolute atomic E-state index is 4.68. The average Bonchev–Trinajstić information content (AvgIpc) is 3.75. The first-order chi connectivity index (χ1) is 27.3. The summed E-state index contributed by atoms with van der Waals surface area (Å²) in [4.78, 5) is 7.09. The van der Waals surface area contributed by atoms with Crippen molar-refractivity contribution in [3.05, 3.63) is 228 Å². The molecule has 0 N–H and O–H groups in total. The van der Waals surface area contributed by atoms with Crippen LogP contribution in [-0.4, -0.2) is 9.55 Å². The van der Waals surface area contributed by atoms with E-state index < -0.39 is 5.41 Å². The molecule has 9 aromatic rings. The van der Waals surface area contributed by atoms with E-state index >= 15 is 0 Å². The largest absolute Gasteiger partial charge is 0.309 e. The number of hydrogen-bond acceptors (Lipinski definition) is 2. The second kappa shape index (κ2) is 12.6. The molecule has 260 valence electrons. The molecule has 55 heavy (non-hydrogen) atoms. The lowest BCUT2D eigenvalue weighted by atomic mass is 9.67. The van der Waals surface area contributed by atoms with Crippen molar-refractivity contribution in [3.8, 4) is 16.8 Å². The minimum atomic E-state index is -0.568. The van der Waals surface area contributed by atoms with Gasteiger partial charge in [-0.1, -0.05) is 140 Å². The van der Waals surface area contributed by atoms with Gasteiger partial charge in [0.15, 0.2) is 0 Å². The molecule has 2 aliphatic carbocycles. The Morgan fingerprint density at radius 2 is 1.25 bits per heavy atom. The number of aromatic nitrogens is 2. The number of allylic oxidation sites excluding steroid dienone is 1. The molecule has 0 aliphatic heterocycles. The maximum Gasteiger partial charge on any atom is 0.0733 e. The lowest BCUT2D eigenvalue weighted by Gasteiger charge is -2.38. The van der Waals surface area contributed by atoms with Crippen molar-refractivity contribution >= 4 is 44.9 Å². The van der Waals surface area contributed by atoms with E-state index in [-0.39, 0.29) is 0 Å². The summed E-state index contributed by atoms with van der Waals surface area (Å²) in [6.07, 6.45) is 10.6. The van der Waals surface area contributed by atoms with Crippen LogP contribution in [-0.2, 0) is 11.8 Å². The fraction of sp³-hybridized carbons (Fsp3) is 0.0577. The number of pyridine rings is 1. The highest BCUT2D eigenvalue weighted by Crippen LogP contribution is 2.58. The summed E-state index contributed by atoms with van der Waals surface area (Å²) >= 11 is 0. The van der Waals surface area contributed by atoms with E-state index in [1.165, 1.54) is 72.0 Å². The Morgan fingerprint density at radius 1 is 0.545 bits per heavy atom. The highest BCUT2D eigenvalue weighted by molar-refractivity contribution is 6.10. The molecule has 0 bridgehead atoms. The predicted octanol–water partition coefficient (Wildman–Crippen LogP) is 13.0. The molecule has 3 nitrogen and oxygen atoms in total. The predicted molar refractivity (Wildman–Crippen MR) is 228 cm³/mol. The van der Waals surface area contributed by atoms with Gasteiger partial charge in [-0.2, -0.15) is 0 Å². The van der Waals surface area contributed by atoms with Gasteiger partial charge in [0.2, 0.25) is 0 Å². The number of fused-ring (bicyclic) bond motifs is 7. The van der Waals surface area contributed by atoms with Gasteiger partial charge in [-0.25, -0.2) is 0 Å². The van der Waals surface area contributed by atoms with Gasteiger partial charge in [0.1, 0.15) is 0 Å². The molecule has 2 aliphatic rings. The highest BCUT2D eigenvalue weighted by atomic mass is 15.2. The molecule has 2 heterocycles. The Balaban J connectivity index is 1.20. The van der Waals surface area contributed by atoms with Crippen molar-refractivity contribution in [3.63, 3.8) is 0 Å². The molecular weight excluding hydrogens is 667 g/mol. The fourth-order valence-electron chi connectivity index (χ4n) is 9.51. The van der Waals surface area contributed by atoms with Gasteiger partial charge >= 0.3 is 0 Å². The van der Waals surface area contributed by atoms with Gasteiger partial charge in [-0.05, 0) is 106 Å². The van der Waals surface area contributed by atoms with Crippen LogP contribution in [0.15, 0.2) is 194 Å². The van der Waals surface area contributed by atoms with E-state index in [1.807, 2.05) is 18.5 Å². The molecule has 0 unspecified atom stereocenters. The first-order valence-electron chi connectivity index (χ1n) is 19.2. The van der Waals surface area contributed by atoms with E-state index in [2.05, 4.69) is 196 Å². The number of para-hydroxylation sites is 2. The Kier molecular flexibility index (Phi) is 7.21. The van der Waals surface area contributed by atoms with Crippen LogP contribution in [0.2, 0.25) is 0 Å². The zero-order chi connectivity index (χ0) is 36.3. The second-order valence-electron chi connectivity index (χ2n) is 14.6. The molecule has 7 aromatic carbocycles. The monoisotopic (exact) mass is 703 g/mol. The van der Waals surface area contributed by atoms with Crippen LogP contribution >= 0.6 is 0 Å². The number of aryl methyl sites for hydroxylation is 1. The van der Waals surface area contributed by atoms with Crippen LogP contribution in [0.5, 0.6) is 0 Å². The third-order valence-corrected chi connectivity index (χ3v) is 11.8. The standard InChI is InChI=1S/C52H37N3/c1-2-17-38(18-3-1)52(46-23-9-6-20-42(46)43-21-7-10-24-47(43)52)48-25-11-13-27-50(48)54(41-19-14-32-53-35-41)40-30-31-45-44-22-8-12-26-49(44)55(51(45)34-40)39-29-28-36-15-4-5-16-37(36)33-39/h1-3,5-14,16-35H,4,15H2. The molecule has 0 fully saturated rings. The highest BCUT2D eigenvalue weighted by Gasteiger charge is 2.47. The van der Waals surface area contributed by atoms with Crippen molar-refractivity contribution < 1.29 is 0 Å². The van der Waals surface area contributed by atoms with Crippen LogP contribution < -0.4 is 4.90 Å². The van der Waals surface area contributed by atoms with Gasteiger partial charge in [0, 0.05) is 28.3 Å². The Hall–Kier alpha value is -6.97. The number of nitrogens with zero attached hydrogens (tertiary/aromatic N) is 3. The van der Waals surface area contributed by atoms with Crippen molar-refractivity contribution in [2.45, 2.75) is 18.3 Å². The molecule has 0 spiro atoms. The van der Waals surface area contributed by atoms with Gasteiger partial charge in [0.05, 0.1) is 34.0 Å². The van der Waals surface area contributed by atoms with Gasteiger partial charge in [-0.15, -0.1) is 0 Å². The lowest BCUT2D eigenvalue weighted by Crippen LogP contribution is -2.30.